The van der Waals surface area contributed by atoms with E-state index in [1.165, 1.54) is 0 Å². The molecule has 4 rings (SSSR count). The van der Waals surface area contributed by atoms with Gasteiger partial charge in [0.1, 0.15) is 11.4 Å². The lowest BCUT2D eigenvalue weighted by molar-refractivity contribution is 0.00740. The van der Waals surface area contributed by atoms with Gasteiger partial charge in [-0.05, 0) is 92.4 Å². The predicted molar refractivity (Wildman–Crippen MR) is 150 cm³/mol. The molecule has 3 aromatic carbocycles. The average Bonchev–Trinajstić information content (AvgIpc) is 2.90. The molecule has 2 atom stereocenters. The van der Waals surface area contributed by atoms with Crippen molar-refractivity contribution in [1.82, 2.24) is 4.90 Å². The highest BCUT2D eigenvalue weighted by Gasteiger charge is 2.41. The van der Waals surface area contributed by atoms with Gasteiger partial charge < -0.3 is 24.3 Å². The molecule has 0 saturated heterocycles. The molecule has 0 saturated carbocycles. The number of methoxy groups -OCH3 is 3. The van der Waals surface area contributed by atoms with Gasteiger partial charge >= 0.3 is 6.09 Å². The van der Waals surface area contributed by atoms with Gasteiger partial charge in [-0.3, -0.25) is 4.90 Å². The lowest BCUT2D eigenvalue weighted by Gasteiger charge is -2.44. The summed E-state index contributed by atoms with van der Waals surface area (Å²) in [4.78, 5) is 15.7. The molecule has 202 valence electrons. The number of carbonyl (C=O) groups is 1. The number of halogens is 1. The Morgan fingerprint density at radius 3 is 2.16 bits per heavy atom. The first-order chi connectivity index (χ1) is 18.1. The summed E-state index contributed by atoms with van der Waals surface area (Å²) in [6.45, 7) is 6.12. The van der Waals surface area contributed by atoms with E-state index in [0.29, 0.717) is 29.5 Å². The van der Waals surface area contributed by atoms with Crippen LogP contribution in [-0.2, 0) is 11.2 Å². The third-order valence-electron chi connectivity index (χ3n) is 6.49. The van der Waals surface area contributed by atoms with Crippen molar-refractivity contribution in [2.45, 2.75) is 44.9 Å². The molecule has 0 radical (unpaired) electrons. The van der Waals surface area contributed by atoms with Crippen LogP contribution in [0.15, 0.2) is 60.7 Å². The van der Waals surface area contributed by atoms with E-state index in [9.17, 15) is 4.79 Å². The second kappa shape index (κ2) is 11.4. The van der Waals surface area contributed by atoms with Gasteiger partial charge in [-0.2, -0.15) is 0 Å². The van der Waals surface area contributed by atoms with Crippen molar-refractivity contribution in [2.75, 3.05) is 33.2 Å². The van der Waals surface area contributed by atoms with Crippen LogP contribution < -0.4 is 19.5 Å². The van der Waals surface area contributed by atoms with Crippen molar-refractivity contribution in [3.63, 3.8) is 0 Å². The number of hydrogen-bond donors (Lipinski definition) is 1. The van der Waals surface area contributed by atoms with Crippen LogP contribution in [0.4, 0.5) is 10.5 Å². The third kappa shape index (κ3) is 6.10. The molecule has 38 heavy (non-hydrogen) atoms. The monoisotopic (exact) mass is 538 g/mol. The minimum Gasteiger partial charge on any atom is -0.497 e. The van der Waals surface area contributed by atoms with Crippen LogP contribution in [0.3, 0.4) is 0 Å². The van der Waals surface area contributed by atoms with Crippen LogP contribution in [0.25, 0.3) is 0 Å². The maximum Gasteiger partial charge on any atom is 0.411 e. The Morgan fingerprint density at radius 1 is 0.947 bits per heavy atom. The molecule has 1 amide bonds. The van der Waals surface area contributed by atoms with Crippen LogP contribution in [0.1, 0.15) is 43.5 Å². The zero-order valence-electron chi connectivity index (χ0n) is 22.7. The van der Waals surface area contributed by atoms with E-state index in [2.05, 4.69) is 5.32 Å². The van der Waals surface area contributed by atoms with Crippen LogP contribution >= 0.6 is 11.6 Å². The Balaban J connectivity index is 1.81. The maximum atomic E-state index is 13.8. The van der Waals surface area contributed by atoms with Crippen LogP contribution in [-0.4, -0.2) is 50.5 Å². The summed E-state index contributed by atoms with van der Waals surface area (Å²) in [5.41, 5.74) is 3.22. The Kier molecular flexibility index (Phi) is 8.26. The fourth-order valence-electron chi connectivity index (χ4n) is 4.75. The van der Waals surface area contributed by atoms with E-state index in [0.717, 1.165) is 28.1 Å². The first-order valence-corrected chi connectivity index (χ1v) is 12.9. The fraction of sp³-hybridized carbons (Fsp3) is 0.367. The molecular weight excluding hydrogens is 504 g/mol. The number of fused-ring (bicyclic) bond motifs is 1. The lowest BCUT2D eigenvalue weighted by atomic mass is 9.84. The molecule has 8 heteroatoms. The minimum absolute atomic E-state index is 0.224. The zero-order valence-corrected chi connectivity index (χ0v) is 23.5. The number of ether oxygens (including phenoxy) is 4. The van der Waals surface area contributed by atoms with Crippen molar-refractivity contribution < 1.29 is 23.7 Å². The smallest absolute Gasteiger partial charge is 0.411 e. The molecule has 3 aromatic rings. The second-order valence-corrected chi connectivity index (χ2v) is 10.7. The SMILES string of the molecule is COc1ccc(NC[C@@H]2Cc3cc(OC)c(OC)cc3[C@H](c3ccc(Cl)cc3)N2C(=O)OC(C)(C)C)cc1. The molecule has 0 unspecified atom stereocenters. The van der Waals surface area contributed by atoms with Gasteiger partial charge in [-0.1, -0.05) is 23.7 Å². The normalized spacial score (nSPS) is 16.9. The van der Waals surface area contributed by atoms with E-state index in [-0.39, 0.29) is 12.1 Å². The third-order valence-corrected chi connectivity index (χ3v) is 6.74. The van der Waals surface area contributed by atoms with Gasteiger partial charge in [0, 0.05) is 17.3 Å². The number of rotatable bonds is 7. The summed E-state index contributed by atoms with van der Waals surface area (Å²) < 4.78 is 22.5. The van der Waals surface area contributed by atoms with Crippen molar-refractivity contribution in [2.24, 2.45) is 0 Å². The van der Waals surface area contributed by atoms with E-state index >= 15 is 0 Å². The highest BCUT2D eigenvalue weighted by Crippen LogP contribution is 2.43. The lowest BCUT2D eigenvalue weighted by Crippen LogP contribution is -2.52. The summed E-state index contributed by atoms with van der Waals surface area (Å²) in [6, 6.07) is 18.6. The van der Waals surface area contributed by atoms with Crippen molar-refractivity contribution >= 4 is 23.4 Å². The Labute approximate surface area is 229 Å². The summed E-state index contributed by atoms with van der Waals surface area (Å²) >= 11 is 6.23. The highest BCUT2D eigenvalue weighted by atomic mass is 35.5. The first-order valence-electron chi connectivity index (χ1n) is 12.5. The number of nitrogens with zero attached hydrogens (tertiary/aromatic N) is 1. The molecule has 0 aromatic heterocycles. The molecular formula is C30H35ClN2O5. The molecule has 1 N–H and O–H groups in total. The zero-order chi connectivity index (χ0) is 27.4. The van der Waals surface area contributed by atoms with Crippen LogP contribution in [0, 0.1) is 0 Å². The van der Waals surface area contributed by atoms with Gasteiger partial charge in [0.05, 0.1) is 33.4 Å². The average molecular weight is 539 g/mol. The van der Waals surface area contributed by atoms with Gasteiger partial charge in [0.15, 0.2) is 11.5 Å². The van der Waals surface area contributed by atoms with E-state index in [4.69, 9.17) is 30.5 Å². The standard InChI is InChI=1S/C30H35ClN2O5/c1-30(2,3)38-29(34)33-23(18-32-22-11-13-24(35-4)14-12-22)15-20-16-26(36-5)27(37-6)17-25(20)28(33)19-7-9-21(31)10-8-19/h7-14,16-17,23,28,32H,15,18H2,1-6H3/t23-,28-/m0/s1. The molecule has 0 spiro atoms. The molecule has 7 nitrogen and oxygen atoms in total. The minimum atomic E-state index is -0.659. The van der Waals surface area contributed by atoms with E-state index in [1.807, 2.05) is 86.3 Å². The molecule has 0 bridgehead atoms. The molecule has 0 aliphatic carbocycles. The van der Waals surface area contributed by atoms with Crippen molar-refractivity contribution in [1.29, 1.82) is 0 Å². The summed E-state index contributed by atoms with van der Waals surface area (Å²) in [5.74, 6) is 2.03. The maximum absolute atomic E-state index is 13.8. The predicted octanol–water partition coefficient (Wildman–Crippen LogP) is 6.73. The van der Waals surface area contributed by atoms with Crippen molar-refractivity contribution in [3.05, 3.63) is 82.4 Å². The summed E-state index contributed by atoms with van der Waals surface area (Å²) in [6.07, 6.45) is 0.210. The number of nitrogens with one attached hydrogen (secondary N) is 1. The van der Waals surface area contributed by atoms with E-state index < -0.39 is 11.6 Å². The number of carbonyl (C=O) groups excluding carboxylic acids is 1. The Hall–Kier alpha value is -3.58. The quantitative estimate of drug-likeness (QED) is 0.360. The van der Waals surface area contributed by atoms with Crippen molar-refractivity contribution in [3.8, 4) is 17.2 Å². The summed E-state index contributed by atoms with van der Waals surface area (Å²) in [7, 11) is 4.87. The topological polar surface area (TPSA) is 69.3 Å². The first kappa shape index (κ1) is 27.5. The van der Waals surface area contributed by atoms with Gasteiger partial charge in [-0.25, -0.2) is 4.79 Å². The van der Waals surface area contributed by atoms with Crippen LogP contribution in [0.5, 0.6) is 17.2 Å². The highest BCUT2D eigenvalue weighted by molar-refractivity contribution is 6.30. The van der Waals surface area contributed by atoms with Gasteiger partial charge in [-0.15, -0.1) is 0 Å². The van der Waals surface area contributed by atoms with Crippen LogP contribution in [0.2, 0.25) is 5.02 Å². The van der Waals surface area contributed by atoms with Gasteiger partial charge in [0.2, 0.25) is 0 Å². The number of benzene rings is 3. The molecule has 1 aliphatic heterocycles. The number of amides is 1. The Morgan fingerprint density at radius 2 is 1.58 bits per heavy atom. The van der Waals surface area contributed by atoms with E-state index in [1.54, 1.807) is 21.3 Å². The van der Waals surface area contributed by atoms with Gasteiger partial charge in [0.25, 0.3) is 0 Å². The number of anilines is 1. The molecule has 0 fully saturated rings. The number of hydrogen-bond acceptors (Lipinski definition) is 6. The molecule has 1 aliphatic rings. The Bertz CT molecular complexity index is 1260. The fourth-order valence-corrected chi connectivity index (χ4v) is 4.88. The second-order valence-electron chi connectivity index (χ2n) is 10.2. The molecule has 1 heterocycles. The largest absolute Gasteiger partial charge is 0.497 e. The summed E-state index contributed by atoms with van der Waals surface area (Å²) in [5, 5.41) is 4.12.